The monoisotopic (exact) mass is 481 g/mol. The molecule has 2 atom stereocenters. The first kappa shape index (κ1) is 25.9. The van der Waals surface area contributed by atoms with Crippen molar-refractivity contribution in [2.24, 2.45) is 11.8 Å². The molecule has 0 aromatic carbocycles. The number of hydrogen-bond donors (Lipinski definition) is 4. The number of anilines is 2. The lowest BCUT2D eigenvalue weighted by molar-refractivity contribution is -0.124. The molecule has 12 heteroatoms. The van der Waals surface area contributed by atoms with Gasteiger partial charge in [-0.2, -0.15) is 4.39 Å². The number of carboxylic acid groups (broad SMARTS) is 1. The Balaban J connectivity index is 1.71. The predicted molar refractivity (Wildman–Crippen MR) is 125 cm³/mol. The third kappa shape index (κ3) is 7.13. The normalized spacial score (nSPS) is 19.8. The average molecular weight is 482 g/mol. The highest BCUT2D eigenvalue weighted by Crippen LogP contribution is 2.30. The molecular formula is C22H36FN7O4. The molecule has 1 aromatic rings. The van der Waals surface area contributed by atoms with Crippen LogP contribution in [0.1, 0.15) is 37.9 Å². The Labute approximate surface area is 199 Å². The van der Waals surface area contributed by atoms with Crippen molar-refractivity contribution in [3.05, 3.63) is 11.6 Å². The molecule has 0 radical (unpaired) electrons. The van der Waals surface area contributed by atoms with Crippen LogP contribution in [0.5, 0.6) is 0 Å². The number of ether oxygens (including phenoxy) is 1. The third-order valence-corrected chi connectivity index (χ3v) is 6.29. The van der Waals surface area contributed by atoms with Crippen LogP contribution in [0.15, 0.2) is 0 Å². The fraction of sp³-hybridized carbons (Fsp3) is 0.727. The number of hydrogen-bond acceptors (Lipinski definition) is 8. The average Bonchev–Trinajstić information content (AvgIpc) is 3.30. The van der Waals surface area contributed by atoms with Crippen molar-refractivity contribution in [1.82, 2.24) is 25.6 Å². The van der Waals surface area contributed by atoms with E-state index in [9.17, 15) is 9.59 Å². The molecule has 34 heavy (non-hydrogen) atoms. The van der Waals surface area contributed by atoms with Gasteiger partial charge < -0.3 is 25.0 Å². The molecule has 0 bridgehead atoms. The molecule has 4 N–H and O–H groups in total. The summed E-state index contributed by atoms with van der Waals surface area (Å²) >= 11 is 0. The van der Waals surface area contributed by atoms with Crippen LogP contribution in [0.2, 0.25) is 0 Å². The van der Waals surface area contributed by atoms with Crippen molar-refractivity contribution < 1.29 is 23.8 Å². The lowest BCUT2D eigenvalue weighted by Crippen LogP contribution is -2.51. The zero-order chi connectivity index (χ0) is 24.7. The van der Waals surface area contributed by atoms with Gasteiger partial charge in [0.15, 0.2) is 11.6 Å². The quantitative estimate of drug-likeness (QED) is 0.368. The van der Waals surface area contributed by atoms with Gasteiger partial charge in [-0.3, -0.25) is 15.6 Å². The van der Waals surface area contributed by atoms with E-state index in [1.165, 1.54) is 0 Å². The van der Waals surface area contributed by atoms with Crippen molar-refractivity contribution in [3.8, 4) is 0 Å². The van der Waals surface area contributed by atoms with Crippen LogP contribution in [0, 0.1) is 24.6 Å². The second kappa shape index (κ2) is 12.1. The van der Waals surface area contributed by atoms with Gasteiger partial charge >= 0.3 is 6.09 Å². The van der Waals surface area contributed by atoms with Gasteiger partial charge in [-0.1, -0.05) is 25.7 Å². The van der Waals surface area contributed by atoms with Crippen molar-refractivity contribution in [2.45, 2.75) is 45.1 Å². The summed E-state index contributed by atoms with van der Waals surface area (Å²) in [6.07, 6.45) is 3.69. The topological polar surface area (TPSA) is 132 Å². The second-order valence-electron chi connectivity index (χ2n) is 9.32. The number of halogens is 1. The van der Waals surface area contributed by atoms with E-state index >= 15 is 4.39 Å². The summed E-state index contributed by atoms with van der Waals surface area (Å²) in [6, 6.07) is -0.0760. The van der Waals surface area contributed by atoms with Gasteiger partial charge in [0, 0.05) is 19.6 Å². The maximum Gasteiger partial charge on any atom is 0.404 e. The van der Waals surface area contributed by atoms with Crippen molar-refractivity contribution in [1.29, 1.82) is 0 Å². The Hall–Kier alpha value is -2.73. The van der Waals surface area contributed by atoms with E-state index in [1.54, 1.807) is 6.92 Å². The summed E-state index contributed by atoms with van der Waals surface area (Å²) in [5.41, 5.74) is 5.15. The highest BCUT2D eigenvalue weighted by atomic mass is 19.1. The minimum atomic E-state index is -1.18. The lowest BCUT2D eigenvalue weighted by Gasteiger charge is -2.38. The van der Waals surface area contributed by atoms with Gasteiger partial charge in [0.25, 0.3) is 0 Å². The zero-order valence-electron chi connectivity index (χ0n) is 20.1. The minimum Gasteiger partial charge on any atom is -0.465 e. The molecule has 1 aliphatic carbocycles. The van der Waals surface area contributed by atoms with E-state index < -0.39 is 23.7 Å². The van der Waals surface area contributed by atoms with E-state index in [0.29, 0.717) is 44.5 Å². The molecular weight excluding hydrogens is 445 g/mol. The molecule has 2 fully saturated rings. The molecule has 2 amide bonds. The molecule has 3 rings (SSSR count). The first-order chi connectivity index (χ1) is 16.2. The Morgan fingerprint density at radius 1 is 1.29 bits per heavy atom. The van der Waals surface area contributed by atoms with Crippen LogP contribution in [0.3, 0.4) is 0 Å². The molecule has 190 valence electrons. The number of amides is 2. The number of carbonyl (C=O) groups is 2. The van der Waals surface area contributed by atoms with E-state index in [1.807, 2.05) is 23.9 Å². The Morgan fingerprint density at radius 3 is 2.71 bits per heavy atom. The first-order valence-corrected chi connectivity index (χ1v) is 11.8. The van der Waals surface area contributed by atoms with Crippen LogP contribution >= 0.6 is 0 Å². The number of nitrogens with one attached hydrogen (secondary N) is 3. The third-order valence-electron chi connectivity index (χ3n) is 6.29. The Kier molecular flexibility index (Phi) is 9.22. The highest BCUT2D eigenvalue weighted by molar-refractivity contribution is 5.80. The van der Waals surface area contributed by atoms with Crippen LogP contribution in [0.25, 0.3) is 0 Å². The number of rotatable bonds is 10. The van der Waals surface area contributed by atoms with Gasteiger partial charge in [-0.05, 0) is 33.4 Å². The maximum absolute atomic E-state index is 15.5. The smallest absolute Gasteiger partial charge is 0.404 e. The number of aromatic nitrogens is 2. The van der Waals surface area contributed by atoms with Crippen LogP contribution in [-0.2, 0) is 9.53 Å². The number of hydrazine groups is 1. The number of carbonyl (C=O) groups excluding carboxylic acids is 1. The van der Waals surface area contributed by atoms with E-state index in [4.69, 9.17) is 9.84 Å². The number of likely N-dealkylation sites (N-methyl/N-ethyl adjacent to an activating group) is 1. The summed E-state index contributed by atoms with van der Waals surface area (Å²) in [4.78, 5) is 36.2. The largest absolute Gasteiger partial charge is 0.465 e. The van der Waals surface area contributed by atoms with Gasteiger partial charge in [-0.25, -0.2) is 14.8 Å². The molecule has 1 aliphatic heterocycles. The summed E-state index contributed by atoms with van der Waals surface area (Å²) in [7, 11) is 3.89. The van der Waals surface area contributed by atoms with E-state index in [2.05, 4.69) is 26.1 Å². The molecule has 0 spiro atoms. The fourth-order valence-electron chi connectivity index (χ4n) is 4.69. The zero-order valence-corrected chi connectivity index (χ0v) is 20.1. The lowest BCUT2D eigenvalue weighted by atomic mass is 9.92. The number of aryl methyl sites for hydroxylation is 1. The summed E-state index contributed by atoms with van der Waals surface area (Å²) in [5.74, 6) is -0.862. The van der Waals surface area contributed by atoms with Crippen molar-refractivity contribution >= 4 is 23.6 Å². The van der Waals surface area contributed by atoms with Crippen molar-refractivity contribution in [2.75, 3.05) is 57.3 Å². The second-order valence-corrected chi connectivity index (χ2v) is 9.32. The standard InChI is InChI=1S/C22H36FN7O4/c1-14-25-19(18(23)20(26-14)30-8-9-34-13-17(30)12-29(2)3)27-28-21(31)16(11-24-22(32)33)10-15-6-4-5-7-15/h15-17,24H,4-13H2,1-3H3,(H,28,31)(H,32,33)(H,25,26,27)/t16-,17-/m1/s1. The maximum atomic E-state index is 15.5. The van der Waals surface area contributed by atoms with Gasteiger partial charge in [-0.15, -0.1) is 0 Å². The van der Waals surface area contributed by atoms with Gasteiger partial charge in [0.05, 0.1) is 25.2 Å². The van der Waals surface area contributed by atoms with Crippen molar-refractivity contribution in [3.63, 3.8) is 0 Å². The molecule has 11 nitrogen and oxygen atoms in total. The molecule has 1 saturated heterocycles. The highest BCUT2D eigenvalue weighted by Gasteiger charge is 2.30. The Bertz CT molecular complexity index is 851. The van der Waals surface area contributed by atoms with Crippen LogP contribution in [0.4, 0.5) is 20.8 Å². The van der Waals surface area contributed by atoms with Gasteiger partial charge in [0.2, 0.25) is 11.7 Å². The van der Waals surface area contributed by atoms with Crippen LogP contribution < -0.4 is 21.1 Å². The summed E-state index contributed by atoms with van der Waals surface area (Å²) < 4.78 is 21.0. The van der Waals surface area contributed by atoms with E-state index in [-0.39, 0.29) is 24.2 Å². The first-order valence-electron chi connectivity index (χ1n) is 11.8. The summed E-state index contributed by atoms with van der Waals surface area (Å²) in [6.45, 7) is 3.74. The molecule has 1 aromatic heterocycles. The number of nitrogens with zero attached hydrogens (tertiary/aromatic N) is 4. The number of morpholine rings is 1. The minimum absolute atomic E-state index is 0.00409. The fourth-order valence-corrected chi connectivity index (χ4v) is 4.69. The molecule has 0 unspecified atom stereocenters. The Morgan fingerprint density at radius 2 is 2.03 bits per heavy atom. The molecule has 2 aliphatic rings. The van der Waals surface area contributed by atoms with Gasteiger partial charge in [0.1, 0.15) is 5.82 Å². The van der Waals surface area contributed by atoms with E-state index in [0.717, 1.165) is 25.7 Å². The predicted octanol–water partition coefficient (Wildman–Crippen LogP) is 1.60. The van der Waals surface area contributed by atoms with Crippen LogP contribution in [-0.4, -0.2) is 85.0 Å². The summed E-state index contributed by atoms with van der Waals surface area (Å²) in [5, 5.41) is 11.3. The molecule has 2 heterocycles. The molecule has 1 saturated carbocycles. The SMILES string of the molecule is Cc1nc(NNC(=O)[C@@H](CNC(=O)O)CC2CCCC2)c(F)c(N2CCOC[C@H]2CN(C)C)n1.